The van der Waals surface area contributed by atoms with Crippen LogP contribution in [0.15, 0.2) is 18.3 Å². The predicted octanol–water partition coefficient (Wildman–Crippen LogP) is 3.08. The Labute approximate surface area is 121 Å². The number of thioether (sulfide) groups is 1. The van der Waals surface area contributed by atoms with Crippen LogP contribution in [0.1, 0.15) is 38.8 Å². The van der Waals surface area contributed by atoms with E-state index in [1.54, 1.807) is 0 Å². The van der Waals surface area contributed by atoms with Crippen molar-refractivity contribution in [2.45, 2.75) is 38.5 Å². The molecule has 0 amide bonds. The Balaban J connectivity index is 2.05. The second-order valence-corrected chi connectivity index (χ2v) is 6.80. The van der Waals surface area contributed by atoms with E-state index in [4.69, 9.17) is 0 Å². The average molecular weight is 279 g/mol. The summed E-state index contributed by atoms with van der Waals surface area (Å²) in [6.45, 7) is 10.0. The lowest BCUT2D eigenvalue weighted by atomic mass is 10.1. The van der Waals surface area contributed by atoms with Gasteiger partial charge < -0.3 is 10.2 Å². The summed E-state index contributed by atoms with van der Waals surface area (Å²) in [5, 5.41) is 4.24. The summed E-state index contributed by atoms with van der Waals surface area (Å²) < 4.78 is 0. The topological polar surface area (TPSA) is 28.2 Å². The van der Waals surface area contributed by atoms with Gasteiger partial charge in [-0.1, -0.05) is 13.8 Å². The van der Waals surface area contributed by atoms with E-state index < -0.39 is 0 Å². The van der Waals surface area contributed by atoms with E-state index >= 15 is 0 Å². The van der Waals surface area contributed by atoms with Gasteiger partial charge in [0.2, 0.25) is 0 Å². The van der Waals surface area contributed by atoms with Crippen LogP contribution in [0.4, 0.5) is 5.82 Å². The highest BCUT2D eigenvalue weighted by molar-refractivity contribution is 8.00. The molecule has 0 radical (unpaired) electrons. The van der Waals surface area contributed by atoms with Crippen LogP contribution in [-0.4, -0.2) is 35.6 Å². The zero-order valence-electron chi connectivity index (χ0n) is 12.2. The number of anilines is 1. The SMILES string of the molecule is CCCNC(C)c1ccnc(N2CCSC(C)C2)c1. The minimum atomic E-state index is 0.401. The molecule has 3 nitrogen and oxygen atoms in total. The van der Waals surface area contributed by atoms with Crippen molar-refractivity contribution in [3.8, 4) is 0 Å². The second-order valence-electron chi connectivity index (χ2n) is 5.25. The highest BCUT2D eigenvalue weighted by Crippen LogP contribution is 2.24. The lowest BCUT2D eigenvalue weighted by Gasteiger charge is -2.32. The van der Waals surface area contributed by atoms with Crippen molar-refractivity contribution >= 4 is 17.6 Å². The fourth-order valence-corrected chi connectivity index (χ4v) is 3.40. The van der Waals surface area contributed by atoms with Crippen molar-refractivity contribution in [2.24, 2.45) is 0 Å². The molecular formula is C15H25N3S. The van der Waals surface area contributed by atoms with Gasteiger partial charge in [0.25, 0.3) is 0 Å². The van der Waals surface area contributed by atoms with Crippen molar-refractivity contribution in [3.63, 3.8) is 0 Å². The van der Waals surface area contributed by atoms with Crippen LogP contribution in [0.5, 0.6) is 0 Å². The lowest BCUT2D eigenvalue weighted by molar-refractivity contribution is 0.570. The number of pyridine rings is 1. The first-order valence-electron chi connectivity index (χ1n) is 7.26. The molecule has 1 aromatic rings. The highest BCUT2D eigenvalue weighted by Gasteiger charge is 2.18. The largest absolute Gasteiger partial charge is 0.355 e. The number of hydrogen-bond donors (Lipinski definition) is 1. The summed E-state index contributed by atoms with van der Waals surface area (Å²) in [6, 6.07) is 4.77. The summed E-state index contributed by atoms with van der Waals surface area (Å²) in [5.41, 5.74) is 1.34. The molecular weight excluding hydrogens is 254 g/mol. The van der Waals surface area contributed by atoms with Crippen molar-refractivity contribution < 1.29 is 0 Å². The van der Waals surface area contributed by atoms with E-state index in [9.17, 15) is 0 Å². The third kappa shape index (κ3) is 4.11. The fraction of sp³-hybridized carbons (Fsp3) is 0.667. The van der Waals surface area contributed by atoms with E-state index in [1.165, 1.54) is 17.7 Å². The molecule has 19 heavy (non-hydrogen) atoms. The van der Waals surface area contributed by atoms with Crippen molar-refractivity contribution in [1.82, 2.24) is 10.3 Å². The molecule has 106 valence electrons. The summed E-state index contributed by atoms with van der Waals surface area (Å²) in [6.07, 6.45) is 3.12. The van der Waals surface area contributed by atoms with Gasteiger partial charge in [-0.3, -0.25) is 0 Å². The van der Waals surface area contributed by atoms with Gasteiger partial charge in [-0.15, -0.1) is 0 Å². The monoisotopic (exact) mass is 279 g/mol. The van der Waals surface area contributed by atoms with Crippen molar-refractivity contribution in [2.75, 3.05) is 30.3 Å². The van der Waals surface area contributed by atoms with Gasteiger partial charge in [0.15, 0.2) is 0 Å². The van der Waals surface area contributed by atoms with Crippen LogP contribution in [-0.2, 0) is 0 Å². The smallest absolute Gasteiger partial charge is 0.128 e. The Morgan fingerprint density at radius 3 is 3.16 bits per heavy atom. The molecule has 1 fully saturated rings. The zero-order valence-corrected chi connectivity index (χ0v) is 13.0. The minimum Gasteiger partial charge on any atom is -0.355 e. The van der Waals surface area contributed by atoms with E-state index in [0.717, 1.165) is 25.5 Å². The molecule has 1 N–H and O–H groups in total. The minimum absolute atomic E-state index is 0.401. The molecule has 0 bridgehead atoms. The second kappa shape index (κ2) is 7.15. The van der Waals surface area contributed by atoms with E-state index in [-0.39, 0.29) is 0 Å². The van der Waals surface area contributed by atoms with Gasteiger partial charge >= 0.3 is 0 Å². The summed E-state index contributed by atoms with van der Waals surface area (Å²) in [7, 11) is 0. The third-order valence-electron chi connectivity index (χ3n) is 3.54. The van der Waals surface area contributed by atoms with Crippen molar-refractivity contribution in [3.05, 3.63) is 23.9 Å². The quantitative estimate of drug-likeness (QED) is 0.896. The maximum Gasteiger partial charge on any atom is 0.128 e. The first kappa shape index (κ1) is 14.7. The summed E-state index contributed by atoms with van der Waals surface area (Å²) in [5.74, 6) is 2.34. The average Bonchev–Trinajstić information content (AvgIpc) is 2.45. The molecule has 0 spiro atoms. The first-order chi connectivity index (χ1) is 9.20. The lowest BCUT2D eigenvalue weighted by Crippen LogP contribution is -2.37. The standard InChI is InChI=1S/C15H25N3S/c1-4-6-16-13(3)14-5-7-17-15(10-14)18-8-9-19-12(2)11-18/h5,7,10,12-13,16H,4,6,8-9,11H2,1-3H3. The molecule has 2 rings (SSSR count). The number of nitrogens with zero attached hydrogens (tertiary/aromatic N) is 2. The molecule has 1 aliphatic rings. The molecule has 2 unspecified atom stereocenters. The molecule has 2 atom stereocenters. The molecule has 1 aliphatic heterocycles. The third-order valence-corrected chi connectivity index (χ3v) is 4.67. The normalized spacial score (nSPS) is 21.4. The van der Waals surface area contributed by atoms with Gasteiger partial charge in [0.05, 0.1) is 0 Å². The number of rotatable bonds is 5. The highest BCUT2D eigenvalue weighted by atomic mass is 32.2. The number of nitrogens with one attached hydrogen (secondary N) is 1. The number of aromatic nitrogens is 1. The molecule has 2 heterocycles. The summed E-state index contributed by atoms with van der Waals surface area (Å²) >= 11 is 2.06. The summed E-state index contributed by atoms with van der Waals surface area (Å²) in [4.78, 5) is 6.96. The van der Waals surface area contributed by atoms with Gasteiger partial charge in [-0.2, -0.15) is 11.8 Å². The molecule has 1 aromatic heterocycles. The maximum absolute atomic E-state index is 4.55. The molecule has 4 heteroatoms. The van der Waals surface area contributed by atoms with Crippen LogP contribution >= 0.6 is 11.8 Å². The van der Waals surface area contributed by atoms with E-state index in [0.29, 0.717) is 11.3 Å². The Hall–Kier alpha value is -0.740. The Morgan fingerprint density at radius 1 is 1.58 bits per heavy atom. The van der Waals surface area contributed by atoms with E-state index in [1.807, 2.05) is 6.20 Å². The Kier molecular flexibility index (Phi) is 5.52. The van der Waals surface area contributed by atoms with E-state index in [2.05, 4.69) is 59.9 Å². The zero-order chi connectivity index (χ0) is 13.7. The molecule has 0 aliphatic carbocycles. The van der Waals surface area contributed by atoms with Gasteiger partial charge in [-0.25, -0.2) is 4.98 Å². The Morgan fingerprint density at radius 2 is 2.42 bits per heavy atom. The van der Waals surface area contributed by atoms with Crippen LogP contribution in [0, 0.1) is 0 Å². The van der Waals surface area contributed by atoms with Gasteiger partial charge in [0.1, 0.15) is 5.82 Å². The van der Waals surface area contributed by atoms with Crippen LogP contribution in [0.3, 0.4) is 0 Å². The Bertz CT molecular complexity index is 397. The fourth-order valence-electron chi connectivity index (χ4n) is 2.38. The molecule has 0 aromatic carbocycles. The van der Waals surface area contributed by atoms with Gasteiger partial charge in [0, 0.05) is 36.3 Å². The first-order valence-corrected chi connectivity index (χ1v) is 8.31. The predicted molar refractivity (Wildman–Crippen MR) is 85.1 cm³/mol. The van der Waals surface area contributed by atoms with Crippen LogP contribution in [0.25, 0.3) is 0 Å². The van der Waals surface area contributed by atoms with Crippen molar-refractivity contribution in [1.29, 1.82) is 0 Å². The van der Waals surface area contributed by atoms with Crippen LogP contribution in [0.2, 0.25) is 0 Å². The maximum atomic E-state index is 4.55. The number of hydrogen-bond acceptors (Lipinski definition) is 4. The van der Waals surface area contributed by atoms with Crippen LogP contribution < -0.4 is 10.2 Å². The molecule has 0 saturated carbocycles. The van der Waals surface area contributed by atoms with Gasteiger partial charge in [-0.05, 0) is 37.6 Å². The molecule has 1 saturated heterocycles.